The molecular weight excluding hydrogens is 304 g/mol. The van der Waals surface area contributed by atoms with Crippen LogP contribution in [0.4, 0.5) is 5.69 Å². The molecule has 0 atom stereocenters. The first-order chi connectivity index (χ1) is 10.3. The van der Waals surface area contributed by atoms with E-state index in [9.17, 15) is 5.11 Å². The second-order valence-corrected chi connectivity index (χ2v) is 5.98. The zero-order valence-electron chi connectivity index (χ0n) is 11.4. The monoisotopic (exact) mass is 318 g/mol. The summed E-state index contributed by atoms with van der Waals surface area (Å²) in [6.07, 6.45) is 1.78. The van der Waals surface area contributed by atoms with Crippen LogP contribution in [-0.4, -0.2) is 23.2 Å². The summed E-state index contributed by atoms with van der Waals surface area (Å²) < 4.78 is 0. The fourth-order valence-corrected chi connectivity index (χ4v) is 3.22. The lowest BCUT2D eigenvalue weighted by molar-refractivity contribution is 0.301. The number of rotatable bonds is 5. The van der Waals surface area contributed by atoms with Gasteiger partial charge in [0.15, 0.2) is 0 Å². The number of hydrogen-bond donors (Lipinski definition) is 1. The largest absolute Gasteiger partial charge is 0.395 e. The minimum absolute atomic E-state index is 0.113. The molecule has 0 amide bonds. The van der Waals surface area contributed by atoms with Gasteiger partial charge in [0.05, 0.1) is 12.1 Å². The zero-order valence-corrected chi connectivity index (χ0v) is 12.9. The lowest BCUT2D eigenvalue weighted by Gasteiger charge is -2.25. The highest BCUT2D eigenvalue weighted by atomic mass is 35.5. The molecule has 3 rings (SSSR count). The van der Waals surface area contributed by atoms with Crippen molar-refractivity contribution < 1.29 is 5.11 Å². The molecule has 3 nitrogen and oxygen atoms in total. The Balaban J connectivity index is 2.02. The summed E-state index contributed by atoms with van der Waals surface area (Å²) in [4.78, 5) is 6.54. The molecule has 0 spiro atoms. The molecule has 0 saturated carbocycles. The van der Waals surface area contributed by atoms with Crippen LogP contribution in [0.3, 0.4) is 0 Å². The van der Waals surface area contributed by atoms with Crippen LogP contribution in [0.25, 0.3) is 10.9 Å². The van der Waals surface area contributed by atoms with Crippen molar-refractivity contribution in [2.24, 2.45) is 0 Å². The van der Waals surface area contributed by atoms with E-state index in [1.54, 1.807) is 17.5 Å². The Kier molecular flexibility index (Phi) is 4.39. The quantitative estimate of drug-likeness (QED) is 0.774. The third kappa shape index (κ3) is 3.18. The van der Waals surface area contributed by atoms with E-state index >= 15 is 0 Å². The fraction of sp³-hybridized carbons (Fsp3) is 0.188. The average molecular weight is 319 g/mol. The number of nitrogens with zero attached hydrogens (tertiary/aromatic N) is 2. The predicted molar refractivity (Wildman–Crippen MR) is 89.2 cm³/mol. The van der Waals surface area contributed by atoms with Crippen molar-refractivity contribution in [3.63, 3.8) is 0 Å². The van der Waals surface area contributed by atoms with Crippen LogP contribution in [0, 0.1) is 0 Å². The molecule has 0 fully saturated rings. The van der Waals surface area contributed by atoms with Gasteiger partial charge in [-0.3, -0.25) is 4.98 Å². The highest BCUT2D eigenvalue weighted by Gasteiger charge is 2.11. The summed E-state index contributed by atoms with van der Waals surface area (Å²) in [7, 11) is 0. The van der Waals surface area contributed by atoms with E-state index in [4.69, 9.17) is 11.6 Å². The van der Waals surface area contributed by atoms with Crippen LogP contribution >= 0.6 is 22.9 Å². The molecular formula is C16H15ClN2OS. The third-order valence-electron chi connectivity index (χ3n) is 3.35. The number of aliphatic hydroxyl groups is 1. The normalized spacial score (nSPS) is 11.0. The molecule has 2 heterocycles. The third-order valence-corrected chi connectivity index (χ3v) is 4.31. The van der Waals surface area contributed by atoms with E-state index in [2.05, 4.69) is 26.7 Å². The first-order valence-corrected chi connectivity index (χ1v) is 8.01. The van der Waals surface area contributed by atoms with E-state index in [1.807, 2.05) is 24.3 Å². The SMILES string of the molecule is OCCN(Cc1ccsc1)c1ccnc2cc(Cl)ccc12. The lowest BCUT2D eigenvalue weighted by atomic mass is 10.1. The zero-order chi connectivity index (χ0) is 14.7. The van der Waals surface area contributed by atoms with Crippen molar-refractivity contribution in [1.82, 2.24) is 4.98 Å². The average Bonchev–Trinajstić information content (AvgIpc) is 2.99. The summed E-state index contributed by atoms with van der Waals surface area (Å²) >= 11 is 7.72. The molecule has 0 aliphatic rings. The molecule has 108 valence electrons. The van der Waals surface area contributed by atoms with E-state index in [0.29, 0.717) is 11.6 Å². The van der Waals surface area contributed by atoms with E-state index in [-0.39, 0.29) is 6.61 Å². The summed E-state index contributed by atoms with van der Waals surface area (Å²) in [5, 5.41) is 15.3. The molecule has 0 aliphatic heterocycles. The summed E-state index contributed by atoms with van der Waals surface area (Å²) in [5.74, 6) is 0. The fourth-order valence-electron chi connectivity index (χ4n) is 2.39. The number of fused-ring (bicyclic) bond motifs is 1. The molecule has 0 bridgehead atoms. The van der Waals surface area contributed by atoms with E-state index < -0.39 is 0 Å². The van der Waals surface area contributed by atoms with Crippen LogP contribution < -0.4 is 4.90 Å². The topological polar surface area (TPSA) is 36.4 Å². The molecule has 1 N–H and O–H groups in total. The molecule has 21 heavy (non-hydrogen) atoms. The number of thiophene rings is 1. The Morgan fingerprint density at radius 3 is 2.90 bits per heavy atom. The molecule has 0 saturated heterocycles. The Hall–Kier alpha value is -1.62. The Morgan fingerprint density at radius 1 is 1.24 bits per heavy atom. The van der Waals surface area contributed by atoms with Gasteiger partial charge in [0, 0.05) is 35.4 Å². The van der Waals surface area contributed by atoms with Gasteiger partial charge in [-0.1, -0.05) is 11.6 Å². The van der Waals surface area contributed by atoms with Gasteiger partial charge in [-0.25, -0.2) is 0 Å². The smallest absolute Gasteiger partial charge is 0.0737 e. The molecule has 0 aliphatic carbocycles. The first-order valence-electron chi connectivity index (χ1n) is 6.69. The number of hydrogen-bond acceptors (Lipinski definition) is 4. The van der Waals surface area contributed by atoms with Gasteiger partial charge in [0.1, 0.15) is 0 Å². The minimum atomic E-state index is 0.113. The number of aromatic nitrogens is 1. The lowest BCUT2D eigenvalue weighted by Crippen LogP contribution is -2.26. The Bertz CT molecular complexity index is 730. The van der Waals surface area contributed by atoms with Gasteiger partial charge < -0.3 is 10.0 Å². The van der Waals surface area contributed by atoms with Gasteiger partial charge >= 0.3 is 0 Å². The number of anilines is 1. The molecule has 0 radical (unpaired) electrons. The standard InChI is InChI=1S/C16H15ClN2OS/c17-13-1-2-14-15(9-13)18-5-3-16(14)19(6-7-20)10-12-4-8-21-11-12/h1-5,8-9,11,20H,6-7,10H2. The number of aliphatic hydroxyl groups excluding tert-OH is 1. The van der Waals surface area contributed by atoms with Gasteiger partial charge in [-0.2, -0.15) is 11.3 Å². The maximum absolute atomic E-state index is 9.37. The molecule has 2 aromatic heterocycles. The predicted octanol–water partition coefficient (Wildman–Crippen LogP) is 3.95. The number of pyridine rings is 1. The summed E-state index contributed by atoms with van der Waals surface area (Å²) in [5.41, 5.74) is 3.18. The highest BCUT2D eigenvalue weighted by molar-refractivity contribution is 7.07. The van der Waals surface area contributed by atoms with E-state index in [1.165, 1.54) is 5.56 Å². The maximum Gasteiger partial charge on any atom is 0.0737 e. The van der Waals surface area contributed by atoms with Gasteiger partial charge in [0.25, 0.3) is 0 Å². The second kappa shape index (κ2) is 6.43. The van der Waals surface area contributed by atoms with Gasteiger partial charge in [0.2, 0.25) is 0 Å². The van der Waals surface area contributed by atoms with Gasteiger partial charge in [-0.05, 0) is 46.7 Å². The van der Waals surface area contributed by atoms with Crippen molar-refractivity contribution >= 4 is 39.5 Å². The minimum Gasteiger partial charge on any atom is -0.395 e. The molecule has 3 aromatic rings. The van der Waals surface area contributed by atoms with E-state index in [0.717, 1.165) is 23.1 Å². The Morgan fingerprint density at radius 2 is 2.14 bits per heavy atom. The Labute approximate surface area is 132 Å². The van der Waals surface area contributed by atoms with Crippen molar-refractivity contribution in [2.45, 2.75) is 6.54 Å². The van der Waals surface area contributed by atoms with Crippen LogP contribution in [0.1, 0.15) is 5.56 Å². The van der Waals surface area contributed by atoms with Crippen molar-refractivity contribution in [2.75, 3.05) is 18.1 Å². The highest BCUT2D eigenvalue weighted by Crippen LogP contribution is 2.28. The van der Waals surface area contributed by atoms with Crippen molar-refractivity contribution in [3.05, 3.63) is 57.9 Å². The van der Waals surface area contributed by atoms with Gasteiger partial charge in [-0.15, -0.1) is 0 Å². The van der Waals surface area contributed by atoms with Crippen molar-refractivity contribution in [3.8, 4) is 0 Å². The number of benzene rings is 1. The van der Waals surface area contributed by atoms with Crippen LogP contribution in [-0.2, 0) is 6.54 Å². The maximum atomic E-state index is 9.37. The summed E-state index contributed by atoms with van der Waals surface area (Å²) in [6, 6.07) is 9.81. The van der Waals surface area contributed by atoms with Crippen LogP contribution in [0.5, 0.6) is 0 Å². The van der Waals surface area contributed by atoms with Crippen LogP contribution in [0.15, 0.2) is 47.3 Å². The summed E-state index contributed by atoms with van der Waals surface area (Å²) in [6.45, 7) is 1.46. The second-order valence-electron chi connectivity index (χ2n) is 4.77. The van der Waals surface area contributed by atoms with Crippen LogP contribution in [0.2, 0.25) is 5.02 Å². The first kappa shape index (κ1) is 14.3. The number of halogens is 1. The molecule has 0 unspecified atom stereocenters. The van der Waals surface area contributed by atoms with Crippen molar-refractivity contribution in [1.29, 1.82) is 0 Å². The molecule has 5 heteroatoms. The molecule has 1 aromatic carbocycles.